The zero-order chi connectivity index (χ0) is 9.10. The molecule has 2 rings (SSSR count). The number of thioether (sulfide) groups is 1. The van der Waals surface area contributed by atoms with Crippen molar-refractivity contribution in [2.45, 2.75) is 10.1 Å². The van der Waals surface area contributed by atoms with E-state index < -0.39 is 0 Å². The highest BCUT2D eigenvalue weighted by Gasteiger charge is 2.03. The Balaban J connectivity index is 1.93. The van der Waals surface area contributed by atoms with Crippen molar-refractivity contribution in [2.75, 3.05) is 0 Å². The van der Waals surface area contributed by atoms with Crippen LogP contribution in [0.4, 0.5) is 0 Å². The lowest BCUT2D eigenvalue weighted by molar-refractivity contribution is 0.412. The minimum atomic E-state index is 0.653. The SMILES string of the molecule is Clc1cnc(SCc2ncon2)s1. The molecular weight excluding hydrogens is 230 g/mol. The van der Waals surface area contributed by atoms with Crippen molar-refractivity contribution in [3.8, 4) is 0 Å². The van der Waals surface area contributed by atoms with Gasteiger partial charge in [-0.05, 0) is 0 Å². The fourth-order valence-electron chi connectivity index (χ4n) is 0.689. The van der Waals surface area contributed by atoms with E-state index >= 15 is 0 Å². The van der Waals surface area contributed by atoms with Crippen molar-refractivity contribution in [3.05, 3.63) is 22.8 Å². The molecule has 0 aromatic carbocycles. The van der Waals surface area contributed by atoms with Gasteiger partial charge in [0.25, 0.3) is 0 Å². The average molecular weight is 234 g/mol. The Morgan fingerprint density at radius 3 is 3.08 bits per heavy atom. The lowest BCUT2D eigenvalue weighted by atomic mass is 10.7. The van der Waals surface area contributed by atoms with E-state index in [1.807, 2.05) is 0 Å². The molecule has 0 saturated carbocycles. The second-order valence-electron chi connectivity index (χ2n) is 2.07. The van der Waals surface area contributed by atoms with Crippen molar-refractivity contribution in [3.63, 3.8) is 0 Å². The Labute approximate surface area is 87.3 Å². The zero-order valence-electron chi connectivity index (χ0n) is 6.31. The molecule has 0 amide bonds. The van der Waals surface area contributed by atoms with Gasteiger partial charge in [0.2, 0.25) is 6.39 Å². The molecule has 68 valence electrons. The molecule has 0 N–H and O–H groups in total. The number of rotatable bonds is 3. The summed E-state index contributed by atoms with van der Waals surface area (Å²) in [7, 11) is 0. The first kappa shape index (κ1) is 8.98. The summed E-state index contributed by atoms with van der Waals surface area (Å²) in [5.41, 5.74) is 0. The van der Waals surface area contributed by atoms with Gasteiger partial charge < -0.3 is 4.52 Å². The van der Waals surface area contributed by atoms with E-state index in [1.165, 1.54) is 29.5 Å². The second-order valence-corrected chi connectivity index (χ2v) is 4.95. The van der Waals surface area contributed by atoms with Crippen molar-refractivity contribution in [1.82, 2.24) is 15.1 Å². The Morgan fingerprint density at radius 2 is 2.46 bits per heavy atom. The van der Waals surface area contributed by atoms with E-state index in [1.54, 1.807) is 6.20 Å². The summed E-state index contributed by atoms with van der Waals surface area (Å²) >= 11 is 8.69. The highest BCUT2D eigenvalue weighted by atomic mass is 35.5. The second kappa shape index (κ2) is 4.08. The van der Waals surface area contributed by atoms with E-state index in [0.29, 0.717) is 15.9 Å². The summed E-state index contributed by atoms with van der Waals surface area (Å²) in [4.78, 5) is 7.96. The molecule has 0 aliphatic heterocycles. The Hall–Kier alpha value is -0.590. The molecule has 0 atom stereocenters. The Kier molecular flexibility index (Phi) is 2.82. The van der Waals surface area contributed by atoms with Gasteiger partial charge in [0.15, 0.2) is 10.2 Å². The van der Waals surface area contributed by atoms with Gasteiger partial charge in [-0.25, -0.2) is 4.98 Å². The molecule has 13 heavy (non-hydrogen) atoms. The fourth-order valence-corrected chi connectivity index (χ4v) is 2.66. The predicted octanol–water partition coefficient (Wildman–Crippen LogP) is 2.47. The summed E-state index contributed by atoms with van der Waals surface area (Å²) < 4.78 is 6.19. The lowest BCUT2D eigenvalue weighted by Gasteiger charge is -1.89. The molecule has 0 saturated heterocycles. The van der Waals surface area contributed by atoms with Gasteiger partial charge in [-0.2, -0.15) is 4.98 Å². The third kappa shape index (κ3) is 2.43. The van der Waals surface area contributed by atoms with Crippen LogP contribution in [0.3, 0.4) is 0 Å². The van der Waals surface area contributed by atoms with Crippen LogP contribution in [-0.2, 0) is 5.75 Å². The molecular formula is C6H4ClN3OS2. The third-order valence-corrected chi connectivity index (χ3v) is 3.46. The van der Waals surface area contributed by atoms with Crippen LogP contribution < -0.4 is 0 Å². The zero-order valence-corrected chi connectivity index (χ0v) is 8.70. The van der Waals surface area contributed by atoms with Crippen LogP contribution in [0.1, 0.15) is 5.82 Å². The topological polar surface area (TPSA) is 51.8 Å². The fraction of sp³-hybridized carbons (Fsp3) is 0.167. The molecule has 0 spiro atoms. The maximum absolute atomic E-state index is 5.71. The lowest BCUT2D eigenvalue weighted by Crippen LogP contribution is -1.81. The molecule has 7 heteroatoms. The molecule has 2 aromatic heterocycles. The molecule has 0 fully saturated rings. The highest BCUT2D eigenvalue weighted by Crippen LogP contribution is 2.28. The molecule has 0 unspecified atom stereocenters. The number of aromatic nitrogens is 3. The summed E-state index contributed by atoms with van der Waals surface area (Å²) in [5, 5.41) is 3.68. The summed E-state index contributed by atoms with van der Waals surface area (Å²) in [6.07, 6.45) is 2.94. The van der Waals surface area contributed by atoms with Crippen molar-refractivity contribution in [1.29, 1.82) is 0 Å². The van der Waals surface area contributed by atoms with E-state index in [0.717, 1.165) is 4.34 Å². The minimum Gasteiger partial charge on any atom is -0.343 e. The van der Waals surface area contributed by atoms with Crippen LogP contribution in [-0.4, -0.2) is 15.1 Å². The van der Waals surface area contributed by atoms with E-state index in [9.17, 15) is 0 Å². The number of hydrogen-bond donors (Lipinski definition) is 0. The van der Waals surface area contributed by atoms with Crippen molar-refractivity contribution >= 4 is 34.7 Å². The summed E-state index contributed by atoms with van der Waals surface area (Å²) in [5.74, 6) is 1.32. The van der Waals surface area contributed by atoms with Gasteiger partial charge in [-0.3, -0.25) is 0 Å². The average Bonchev–Trinajstić information content (AvgIpc) is 2.71. The van der Waals surface area contributed by atoms with Crippen LogP contribution in [0.5, 0.6) is 0 Å². The van der Waals surface area contributed by atoms with Crippen LogP contribution in [0.2, 0.25) is 4.34 Å². The molecule has 2 aromatic rings. The summed E-state index contributed by atoms with van der Waals surface area (Å²) in [6.45, 7) is 0. The molecule has 2 heterocycles. The summed E-state index contributed by atoms with van der Waals surface area (Å²) in [6, 6.07) is 0. The van der Waals surface area contributed by atoms with E-state index in [2.05, 4.69) is 19.6 Å². The van der Waals surface area contributed by atoms with Crippen LogP contribution in [0.15, 0.2) is 21.5 Å². The highest BCUT2D eigenvalue weighted by molar-refractivity contribution is 8.00. The van der Waals surface area contributed by atoms with Gasteiger partial charge in [0.1, 0.15) is 4.34 Å². The van der Waals surface area contributed by atoms with Crippen molar-refractivity contribution < 1.29 is 4.52 Å². The Bertz CT molecular complexity index is 375. The number of nitrogens with zero attached hydrogens (tertiary/aromatic N) is 3. The largest absolute Gasteiger partial charge is 0.343 e. The molecule has 4 nitrogen and oxygen atoms in total. The van der Waals surface area contributed by atoms with Gasteiger partial charge in [-0.15, -0.1) is 0 Å². The number of thiazole rings is 1. The minimum absolute atomic E-state index is 0.653. The monoisotopic (exact) mass is 233 g/mol. The van der Waals surface area contributed by atoms with E-state index in [4.69, 9.17) is 11.6 Å². The Morgan fingerprint density at radius 1 is 1.54 bits per heavy atom. The van der Waals surface area contributed by atoms with Crippen LogP contribution in [0.25, 0.3) is 0 Å². The van der Waals surface area contributed by atoms with Gasteiger partial charge >= 0.3 is 0 Å². The number of hydrogen-bond acceptors (Lipinski definition) is 6. The first-order valence-corrected chi connectivity index (χ1v) is 5.52. The molecule has 0 aliphatic carbocycles. The van der Waals surface area contributed by atoms with Crippen LogP contribution >= 0.6 is 34.7 Å². The van der Waals surface area contributed by atoms with E-state index in [-0.39, 0.29) is 0 Å². The number of halogens is 1. The van der Waals surface area contributed by atoms with Gasteiger partial charge in [-0.1, -0.05) is 39.9 Å². The maximum Gasteiger partial charge on any atom is 0.213 e. The predicted molar refractivity (Wildman–Crippen MR) is 51.0 cm³/mol. The molecule has 0 bridgehead atoms. The maximum atomic E-state index is 5.71. The first-order chi connectivity index (χ1) is 6.34. The first-order valence-electron chi connectivity index (χ1n) is 3.34. The van der Waals surface area contributed by atoms with Crippen molar-refractivity contribution in [2.24, 2.45) is 0 Å². The van der Waals surface area contributed by atoms with Crippen LogP contribution in [0, 0.1) is 0 Å². The third-order valence-electron chi connectivity index (χ3n) is 1.19. The standard InChI is InChI=1S/C6H4ClN3OS2/c7-4-1-8-6(13-4)12-2-5-9-3-11-10-5/h1,3H,2H2. The quantitative estimate of drug-likeness (QED) is 0.763. The van der Waals surface area contributed by atoms with Gasteiger partial charge in [0.05, 0.1) is 11.9 Å². The normalized spacial score (nSPS) is 10.5. The molecule has 0 radical (unpaired) electrons. The van der Waals surface area contributed by atoms with Gasteiger partial charge in [0, 0.05) is 0 Å². The molecule has 0 aliphatic rings. The smallest absolute Gasteiger partial charge is 0.213 e.